The molecule has 0 saturated heterocycles. The largest absolute Gasteiger partial charge is 0.454 e. The van der Waals surface area contributed by atoms with Gasteiger partial charge in [0.15, 0.2) is 11.5 Å². The fourth-order valence-electron chi connectivity index (χ4n) is 2.37. The molecule has 2 N–H and O–H groups in total. The van der Waals surface area contributed by atoms with Crippen molar-refractivity contribution in [1.29, 1.82) is 0 Å². The number of benzene rings is 1. The van der Waals surface area contributed by atoms with E-state index in [0.29, 0.717) is 36.4 Å². The highest BCUT2D eigenvalue weighted by Crippen LogP contribution is 2.38. The third kappa shape index (κ3) is 2.51. The zero-order valence-corrected chi connectivity index (χ0v) is 11.1. The van der Waals surface area contributed by atoms with Crippen molar-refractivity contribution in [3.05, 3.63) is 18.0 Å². The molecule has 1 aromatic carbocycles. The Morgan fingerprint density at radius 3 is 2.57 bits per heavy atom. The molecule has 114 valence electrons. The van der Waals surface area contributed by atoms with Crippen molar-refractivity contribution in [2.24, 2.45) is 5.73 Å². The highest BCUT2D eigenvalue weighted by atomic mass is 19.4. The Morgan fingerprint density at radius 1 is 1.19 bits per heavy atom. The van der Waals surface area contributed by atoms with Gasteiger partial charge in [-0.2, -0.15) is 13.2 Å². The van der Waals surface area contributed by atoms with E-state index < -0.39 is 12.0 Å². The van der Waals surface area contributed by atoms with Gasteiger partial charge in [-0.05, 0) is 19.4 Å². The Morgan fingerprint density at radius 2 is 1.90 bits per heavy atom. The monoisotopic (exact) mass is 301 g/mol. The van der Waals surface area contributed by atoms with Crippen LogP contribution in [-0.4, -0.2) is 22.9 Å². The number of hydrogen-bond donors (Lipinski definition) is 1. The molecule has 8 heteroatoms. The highest BCUT2D eigenvalue weighted by Gasteiger charge is 2.38. The highest BCUT2D eigenvalue weighted by molar-refractivity contribution is 5.81. The van der Waals surface area contributed by atoms with Gasteiger partial charge in [0.2, 0.25) is 12.6 Å². The van der Waals surface area contributed by atoms with Gasteiger partial charge in [-0.1, -0.05) is 0 Å². The van der Waals surface area contributed by atoms with Crippen LogP contribution in [-0.2, 0) is 12.7 Å². The molecule has 0 saturated carbocycles. The molecule has 0 aliphatic carbocycles. The van der Waals surface area contributed by atoms with E-state index in [9.17, 15) is 13.2 Å². The summed E-state index contributed by atoms with van der Waals surface area (Å²) in [6.45, 7) is 0.726. The van der Waals surface area contributed by atoms with E-state index in [1.54, 1.807) is 6.07 Å². The van der Waals surface area contributed by atoms with Gasteiger partial charge >= 0.3 is 6.18 Å². The SMILES string of the molecule is NCCCCn1c(C(F)(F)F)nc2cc3c(cc21)OCO3. The van der Waals surface area contributed by atoms with E-state index in [0.717, 1.165) is 0 Å². The summed E-state index contributed by atoms with van der Waals surface area (Å²) in [4.78, 5) is 3.71. The predicted molar refractivity (Wildman–Crippen MR) is 69.1 cm³/mol. The summed E-state index contributed by atoms with van der Waals surface area (Å²) in [7, 11) is 0. The van der Waals surface area contributed by atoms with Crippen LogP contribution >= 0.6 is 0 Å². The van der Waals surface area contributed by atoms with Crippen LogP contribution in [0.15, 0.2) is 12.1 Å². The lowest BCUT2D eigenvalue weighted by atomic mass is 10.2. The van der Waals surface area contributed by atoms with Gasteiger partial charge in [-0.15, -0.1) is 0 Å². The van der Waals surface area contributed by atoms with E-state index in [4.69, 9.17) is 15.2 Å². The molecule has 0 unspecified atom stereocenters. The zero-order chi connectivity index (χ0) is 15.0. The molecule has 0 fully saturated rings. The Bertz CT molecular complexity index is 667. The molecule has 1 aliphatic heterocycles. The molecule has 0 bridgehead atoms. The number of nitrogens with two attached hydrogens (primary N) is 1. The van der Waals surface area contributed by atoms with Crippen molar-refractivity contribution in [2.45, 2.75) is 25.6 Å². The van der Waals surface area contributed by atoms with Crippen molar-refractivity contribution in [3.63, 3.8) is 0 Å². The zero-order valence-electron chi connectivity index (χ0n) is 11.1. The third-order valence-corrected chi connectivity index (χ3v) is 3.33. The van der Waals surface area contributed by atoms with Crippen LogP contribution in [0.4, 0.5) is 13.2 Å². The second-order valence-electron chi connectivity index (χ2n) is 4.77. The maximum Gasteiger partial charge on any atom is 0.449 e. The van der Waals surface area contributed by atoms with Crippen molar-refractivity contribution in [2.75, 3.05) is 13.3 Å². The second kappa shape index (κ2) is 5.10. The van der Waals surface area contributed by atoms with Crippen molar-refractivity contribution in [1.82, 2.24) is 9.55 Å². The first-order valence-corrected chi connectivity index (χ1v) is 6.58. The first kappa shape index (κ1) is 14.0. The summed E-state index contributed by atoms with van der Waals surface area (Å²) in [5.41, 5.74) is 6.04. The maximum absolute atomic E-state index is 13.1. The molecule has 0 amide bonds. The van der Waals surface area contributed by atoms with E-state index in [1.807, 2.05) is 0 Å². The number of fused-ring (bicyclic) bond motifs is 2. The number of alkyl halides is 3. The molecule has 0 atom stereocenters. The average molecular weight is 301 g/mol. The van der Waals surface area contributed by atoms with E-state index in [1.165, 1.54) is 10.6 Å². The summed E-state index contributed by atoms with van der Waals surface area (Å²) < 4.78 is 50.9. The average Bonchev–Trinajstić information content (AvgIpc) is 3.00. The smallest absolute Gasteiger partial charge is 0.449 e. The quantitative estimate of drug-likeness (QED) is 0.881. The Kier molecular flexibility index (Phi) is 3.40. The minimum atomic E-state index is -4.51. The molecule has 2 heterocycles. The van der Waals surface area contributed by atoms with Gasteiger partial charge in [-0.25, -0.2) is 4.98 Å². The predicted octanol–water partition coefficient (Wildman–Crippen LogP) is 2.52. The van der Waals surface area contributed by atoms with Gasteiger partial charge in [0.25, 0.3) is 0 Å². The van der Waals surface area contributed by atoms with Crippen molar-refractivity contribution in [3.8, 4) is 11.5 Å². The normalized spacial score (nSPS) is 14.1. The topological polar surface area (TPSA) is 62.3 Å². The molecular weight excluding hydrogens is 287 g/mol. The first-order chi connectivity index (χ1) is 10.0. The third-order valence-electron chi connectivity index (χ3n) is 3.33. The van der Waals surface area contributed by atoms with Gasteiger partial charge in [-0.3, -0.25) is 0 Å². The van der Waals surface area contributed by atoms with Crippen molar-refractivity contribution >= 4 is 11.0 Å². The van der Waals surface area contributed by atoms with Crippen LogP contribution in [0.3, 0.4) is 0 Å². The Labute approximate surface area is 118 Å². The number of halogens is 3. The maximum atomic E-state index is 13.1. The van der Waals surface area contributed by atoms with Crippen LogP contribution in [0.2, 0.25) is 0 Å². The molecule has 3 rings (SSSR count). The van der Waals surface area contributed by atoms with Gasteiger partial charge in [0.1, 0.15) is 0 Å². The fraction of sp³-hybridized carbons (Fsp3) is 0.462. The molecule has 0 radical (unpaired) electrons. The number of aryl methyl sites for hydroxylation is 1. The van der Waals surface area contributed by atoms with Gasteiger partial charge < -0.3 is 19.8 Å². The molecule has 2 aromatic rings. The fourth-order valence-corrected chi connectivity index (χ4v) is 2.37. The minimum absolute atomic E-state index is 0.0707. The standard InChI is InChI=1S/C13H14F3N3O2/c14-13(15,16)12-18-8-5-10-11(21-7-20-10)6-9(8)19(12)4-2-1-3-17/h5-6H,1-4,7,17H2. The number of aromatic nitrogens is 2. The number of imidazole rings is 1. The minimum Gasteiger partial charge on any atom is -0.454 e. The summed E-state index contributed by atoms with van der Waals surface area (Å²) in [6, 6.07) is 3.02. The van der Waals surface area contributed by atoms with Gasteiger partial charge in [0, 0.05) is 18.7 Å². The summed E-state index contributed by atoms with van der Waals surface area (Å²) in [5.74, 6) is -0.0442. The van der Waals surface area contributed by atoms with E-state index >= 15 is 0 Å². The number of ether oxygens (including phenoxy) is 2. The Balaban J connectivity index is 2.10. The van der Waals surface area contributed by atoms with Crippen LogP contribution in [0, 0.1) is 0 Å². The van der Waals surface area contributed by atoms with E-state index in [-0.39, 0.29) is 18.9 Å². The molecule has 5 nitrogen and oxygen atoms in total. The molecule has 21 heavy (non-hydrogen) atoms. The van der Waals surface area contributed by atoms with Crippen LogP contribution in [0.1, 0.15) is 18.7 Å². The first-order valence-electron chi connectivity index (χ1n) is 6.58. The number of hydrogen-bond acceptors (Lipinski definition) is 4. The summed E-state index contributed by atoms with van der Waals surface area (Å²) >= 11 is 0. The Hall–Kier alpha value is -1.96. The van der Waals surface area contributed by atoms with Crippen LogP contribution in [0.25, 0.3) is 11.0 Å². The molecule has 1 aromatic heterocycles. The second-order valence-corrected chi connectivity index (χ2v) is 4.77. The van der Waals surface area contributed by atoms with Crippen LogP contribution < -0.4 is 15.2 Å². The molecule has 1 aliphatic rings. The van der Waals surface area contributed by atoms with Gasteiger partial charge in [0.05, 0.1) is 11.0 Å². The number of nitrogens with zero attached hydrogens (tertiary/aromatic N) is 2. The molecule has 0 spiro atoms. The van der Waals surface area contributed by atoms with Crippen LogP contribution in [0.5, 0.6) is 11.5 Å². The lowest BCUT2D eigenvalue weighted by Crippen LogP contribution is -2.15. The van der Waals surface area contributed by atoms with E-state index in [2.05, 4.69) is 4.98 Å². The number of rotatable bonds is 4. The number of unbranched alkanes of at least 4 members (excludes halogenated alkanes) is 1. The molecular formula is C13H14F3N3O2. The summed E-state index contributed by atoms with van der Waals surface area (Å²) in [6.07, 6.45) is -3.30. The lowest BCUT2D eigenvalue weighted by molar-refractivity contribution is -0.146. The lowest BCUT2D eigenvalue weighted by Gasteiger charge is -2.11. The van der Waals surface area contributed by atoms with Crippen molar-refractivity contribution < 1.29 is 22.6 Å². The summed E-state index contributed by atoms with van der Waals surface area (Å²) in [5, 5.41) is 0.